The second kappa shape index (κ2) is 9.41. The SMILES string of the molecule is CCc1ccc(NCc2cc(Cl)c(OS(=O)(=O)c3ccc(C)cc3)c(OC)c2)cc1. The van der Waals surface area contributed by atoms with E-state index >= 15 is 0 Å². The molecule has 5 nitrogen and oxygen atoms in total. The Bertz CT molecular complexity index is 1110. The number of methoxy groups -OCH3 is 1. The van der Waals surface area contributed by atoms with Gasteiger partial charge in [-0.1, -0.05) is 48.4 Å². The van der Waals surface area contributed by atoms with Crippen LogP contribution in [0, 0.1) is 6.92 Å². The summed E-state index contributed by atoms with van der Waals surface area (Å²) in [6.07, 6.45) is 0.986. The summed E-state index contributed by atoms with van der Waals surface area (Å²) in [4.78, 5) is 0.0486. The maximum absolute atomic E-state index is 12.6. The Morgan fingerprint density at radius 3 is 2.23 bits per heavy atom. The highest BCUT2D eigenvalue weighted by molar-refractivity contribution is 7.87. The first kappa shape index (κ1) is 22.0. The molecular weight excluding hydrogens is 422 g/mol. The van der Waals surface area contributed by atoms with E-state index in [1.807, 2.05) is 19.1 Å². The summed E-state index contributed by atoms with van der Waals surface area (Å²) in [6.45, 7) is 4.48. The van der Waals surface area contributed by atoms with Gasteiger partial charge in [0.25, 0.3) is 0 Å². The third kappa shape index (κ3) is 5.26. The number of hydrogen-bond acceptors (Lipinski definition) is 5. The van der Waals surface area contributed by atoms with Gasteiger partial charge in [-0.3, -0.25) is 0 Å². The molecule has 0 fully saturated rings. The van der Waals surface area contributed by atoms with Gasteiger partial charge in [-0.15, -0.1) is 0 Å². The van der Waals surface area contributed by atoms with Gasteiger partial charge in [-0.2, -0.15) is 8.42 Å². The van der Waals surface area contributed by atoms with E-state index < -0.39 is 10.1 Å². The Labute approximate surface area is 182 Å². The van der Waals surface area contributed by atoms with Crippen LogP contribution in [0.15, 0.2) is 65.6 Å². The fourth-order valence-corrected chi connectivity index (χ4v) is 4.16. The van der Waals surface area contributed by atoms with Crippen molar-refractivity contribution in [2.75, 3.05) is 12.4 Å². The summed E-state index contributed by atoms with van der Waals surface area (Å²) in [7, 11) is -2.60. The minimum absolute atomic E-state index is 0.0317. The molecule has 0 aliphatic heterocycles. The van der Waals surface area contributed by atoms with E-state index in [4.69, 9.17) is 20.5 Å². The van der Waals surface area contributed by atoms with Crippen LogP contribution >= 0.6 is 11.6 Å². The zero-order valence-corrected chi connectivity index (χ0v) is 18.7. The van der Waals surface area contributed by atoms with Gasteiger partial charge in [-0.05, 0) is 60.9 Å². The van der Waals surface area contributed by atoms with Gasteiger partial charge in [0.15, 0.2) is 5.75 Å². The van der Waals surface area contributed by atoms with E-state index in [0.717, 1.165) is 23.2 Å². The quantitative estimate of drug-likeness (QED) is 0.457. The lowest BCUT2D eigenvalue weighted by atomic mass is 10.1. The number of benzene rings is 3. The van der Waals surface area contributed by atoms with Gasteiger partial charge < -0.3 is 14.2 Å². The Morgan fingerprint density at radius 1 is 0.967 bits per heavy atom. The molecule has 3 aromatic carbocycles. The molecule has 0 aromatic heterocycles. The Hall–Kier alpha value is -2.70. The van der Waals surface area contributed by atoms with Crippen LogP contribution in [0.3, 0.4) is 0 Å². The predicted molar refractivity (Wildman–Crippen MR) is 120 cm³/mol. The molecule has 0 saturated heterocycles. The largest absolute Gasteiger partial charge is 0.493 e. The molecule has 0 spiro atoms. The van der Waals surface area contributed by atoms with E-state index in [2.05, 4.69) is 24.4 Å². The molecule has 7 heteroatoms. The van der Waals surface area contributed by atoms with Crippen molar-refractivity contribution in [3.05, 3.63) is 82.4 Å². The van der Waals surface area contributed by atoms with Crippen LogP contribution in [0.1, 0.15) is 23.6 Å². The maximum Gasteiger partial charge on any atom is 0.339 e. The number of hydrogen-bond donors (Lipinski definition) is 1. The summed E-state index contributed by atoms with van der Waals surface area (Å²) < 4.78 is 35.9. The first-order chi connectivity index (χ1) is 14.3. The molecule has 30 heavy (non-hydrogen) atoms. The van der Waals surface area contributed by atoms with Gasteiger partial charge in [0.1, 0.15) is 4.90 Å². The molecule has 3 aromatic rings. The smallest absolute Gasteiger partial charge is 0.339 e. The number of ether oxygens (including phenoxy) is 1. The number of nitrogens with one attached hydrogen (secondary N) is 1. The molecule has 0 aliphatic rings. The average molecular weight is 446 g/mol. The van der Waals surface area contributed by atoms with Crippen molar-refractivity contribution in [3.8, 4) is 11.5 Å². The van der Waals surface area contributed by atoms with Crippen molar-refractivity contribution >= 4 is 27.4 Å². The van der Waals surface area contributed by atoms with Crippen molar-refractivity contribution in [2.45, 2.75) is 31.7 Å². The number of rotatable bonds is 8. The lowest BCUT2D eigenvalue weighted by molar-refractivity contribution is 0.390. The van der Waals surface area contributed by atoms with Gasteiger partial charge in [0.05, 0.1) is 12.1 Å². The van der Waals surface area contributed by atoms with Crippen molar-refractivity contribution in [3.63, 3.8) is 0 Å². The van der Waals surface area contributed by atoms with Crippen molar-refractivity contribution < 1.29 is 17.3 Å². The molecule has 0 heterocycles. The van der Waals surface area contributed by atoms with Crippen LogP contribution in [0.2, 0.25) is 5.02 Å². The number of halogens is 1. The highest BCUT2D eigenvalue weighted by Gasteiger charge is 2.22. The topological polar surface area (TPSA) is 64.6 Å². The van der Waals surface area contributed by atoms with Gasteiger partial charge in [0, 0.05) is 12.2 Å². The Morgan fingerprint density at radius 2 is 1.63 bits per heavy atom. The fraction of sp³-hybridized carbons (Fsp3) is 0.217. The summed E-state index contributed by atoms with van der Waals surface area (Å²) >= 11 is 6.36. The van der Waals surface area contributed by atoms with E-state index in [1.54, 1.807) is 24.3 Å². The van der Waals surface area contributed by atoms with Crippen molar-refractivity contribution in [1.82, 2.24) is 0 Å². The van der Waals surface area contributed by atoms with E-state index in [-0.39, 0.29) is 21.4 Å². The Balaban J connectivity index is 1.80. The molecule has 0 atom stereocenters. The monoisotopic (exact) mass is 445 g/mol. The maximum atomic E-state index is 12.6. The van der Waals surface area contributed by atoms with Gasteiger partial charge in [0.2, 0.25) is 5.75 Å². The molecular formula is C23H24ClNO4S. The van der Waals surface area contributed by atoms with Crippen molar-refractivity contribution in [1.29, 1.82) is 0 Å². The first-order valence-corrected chi connectivity index (χ1v) is 11.3. The highest BCUT2D eigenvalue weighted by Crippen LogP contribution is 2.38. The molecule has 3 rings (SSSR count). The second-order valence-electron chi connectivity index (χ2n) is 6.86. The zero-order valence-electron chi connectivity index (χ0n) is 17.1. The standard InChI is InChI=1S/C23H24ClNO4S/c1-4-17-7-9-19(10-8-17)25-15-18-13-21(24)23(22(14-18)28-3)29-30(26,27)20-11-5-16(2)6-12-20/h5-14,25H,4,15H2,1-3H3. The fourth-order valence-electron chi connectivity index (χ4n) is 2.88. The van der Waals surface area contributed by atoms with Crippen LogP contribution in [-0.4, -0.2) is 15.5 Å². The number of anilines is 1. The minimum atomic E-state index is -4.04. The molecule has 0 radical (unpaired) electrons. The van der Waals surface area contributed by atoms with E-state index in [9.17, 15) is 8.42 Å². The summed E-state index contributed by atoms with van der Waals surface area (Å²) in [6, 6.07) is 17.9. The van der Waals surface area contributed by atoms with Crippen LogP contribution in [0.4, 0.5) is 5.69 Å². The van der Waals surface area contributed by atoms with Gasteiger partial charge >= 0.3 is 10.1 Å². The zero-order chi connectivity index (χ0) is 21.7. The van der Waals surface area contributed by atoms with E-state index in [1.165, 1.54) is 24.8 Å². The highest BCUT2D eigenvalue weighted by atomic mass is 35.5. The predicted octanol–water partition coefficient (Wildman–Crippen LogP) is 5.60. The van der Waals surface area contributed by atoms with E-state index in [0.29, 0.717) is 6.54 Å². The molecule has 0 aliphatic carbocycles. The molecule has 158 valence electrons. The second-order valence-corrected chi connectivity index (χ2v) is 8.82. The van der Waals surface area contributed by atoms with Crippen LogP contribution in [0.25, 0.3) is 0 Å². The van der Waals surface area contributed by atoms with Crippen molar-refractivity contribution in [2.24, 2.45) is 0 Å². The summed E-state index contributed by atoms with van der Waals surface area (Å²) in [5.74, 6) is 0.215. The molecule has 0 saturated carbocycles. The molecule has 1 N–H and O–H groups in total. The lowest BCUT2D eigenvalue weighted by Gasteiger charge is -2.15. The summed E-state index contributed by atoms with van der Waals surface area (Å²) in [5, 5.41) is 3.47. The lowest BCUT2D eigenvalue weighted by Crippen LogP contribution is -2.11. The van der Waals surface area contributed by atoms with Crippen LogP contribution in [-0.2, 0) is 23.1 Å². The average Bonchev–Trinajstić information content (AvgIpc) is 2.74. The molecule has 0 amide bonds. The molecule has 0 unspecified atom stereocenters. The van der Waals surface area contributed by atoms with Crippen LogP contribution < -0.4 is 14.2 Å². The van der Waals surface area contributed by atoms with Crippen LogP contribution in [0.5, 0.6) is 11.5 Å². The van der Waals surface area contributed by atoms with Gasteiger partial charge in [-0.25, -0.2) is 0 Å². The molecule has 0 bridgehead atoms. The first-order valence-electron chi connectivity index (χ1n) is 9.52. The minimum Gasteiger partial charge on any atom is -0.493 e. The normalized spacial score (nSPS) is 11.2. The number of aryl methyl sites for hydroxylation is 2. The third-order valence-electron chi connectivity index (χ3n) is 4.65. The summed E-state index contributed by atoms with van der Waals surface area (Å²) in [5.41, 5.74) is 4.02. The third-order valence-corrected chi connectivity index (χ3v) is 6.17. The Kier molecular flexibility index (Phi) is 6.90.